The van der Waals surface area contributed by atoms with Gasteiger partial charge < -0.3 is 14.7 Å². The van der Waals surface area contributed by atoms with Crippen molar-refractivity contribution in [1.29, 1.82) is 0 Å². The topological polar surface area (TPSA) is 62.7 Å². The van der Waals surface area contributed by atoms with E-state index in [-0.39, 0.29) is 19.0 Å². The average Bonchev–Trinajstić information content (AvgIpc) is 2.86. The number of ether oxygens (including phenoxy) is 1. The smallest absolute Gasteiger partial charge is 0.417 e. The van der Waals surface area contributed by atoms with Gasteiger partial charge in [-0.25, -0.2) is 4.98 Å². The van der Waals surface area contributed by atoms with Crippen LogP contribution >= 0.6 is 0 Å². The predicted octanol–water partition coefficient (Wildman–Crippen LogP) is 1.64. The number of carbonyl (C=O) groups is 1. The molecule has 1 aliphatic rings. The summed E-state index contributed by atoms with van der Waals surface area (Å²) in [6.07, 6.45) is -3.71. The molecule has 0 spiro atoms. The van der Waals surface area contributed by atoms with Crippen molar-refractivity contribution in [2.24, 2.45) is 5.92 Å². The van der Waals surface area contributed by atoms with E-state index in [0.29, 0.717) is 0 Å². The van der Waals surface area contributed by atoms with Crippen molar-refractivity contribution in [3.05, 3.63) is 23.9 Å². The van der Waals surface area contributed by atoms with Crippen molar-refractivity contribution in [2.75, 3.05) is 25.2 Å². The Kier molecular flexibility index (Phi) is 3.85. The highest BCUT2D eigenvalue weighted by atomic mass is 19.4. The molecule has 1 saturated heterocycles. The average molecular weight is 290 g/mol. The molecule has 2 rings (SSSR count). The molecule has 1 aromatic heterocycles. The number of likely N-dealkylation sites (N-methyl/N-ethyl adjacent to an activating group) is 1. The fourth-order valence-electron chi connectivity index (χ4n) is 2.09. The van der Waals surface area contributed by atoms with Crippen LogP contribution in [0.2, 0.25) is 0 Å². The standard InChI is InChI=1S/C12H13F3N2O3/c1-17(9-6-20-5-8(9)11(18)19)10-3-2-7(4-16-10)12(13,14)15/h2-4,8-9H,5-6H2,1H3,(H,18,19). The van der Waals surface area contributed by atoms with E-state index >= 15 is 0 Å². The molecule has 8 heteroatoms. The minimum absolute atomic E-state index is 0.0883. The molecule has 0 radical (unpaired) electrons. The van der Waals surface area contributed by atoms with Crippen molar-refractivity contribution in [3.63, 3.8) is 0 Å². The van der Waals surface area contributed by atoms with Crippen LogP contribution in [0.15, 0.2) is 18.3 Å². The van der Waals surface area contributed by atoms with Crippen molar-refractivity contribution < 1.29 is 27.8 Å². The summed E-state index contributed by atoms with van der Waals surface area (Å²) in [5, 5.41) is 9.05. The zero-order valence-corrected chi connectivity index (χ0v) is 10.6. The highest BCUT2D eigenvalue weighted by Gasteiger charge is 2.37. The Morgan fingerprint density at radius 2 is 2.15 bits per heavy atom. The van der Waals surface area contributed by atoms with Gasteiger partial charge in [0.2, 0.25) is 0 Å². The van der Waals surface area contributed by atoms with Gasteiger partial charge in [0, 0.05) is 13.2 Å². The number of aromatic nitrogens is 1. The Hall–Kier alpha value is -1.83. The summed E-state index contributed by atoms with van der Waals surface area (Å²) in [5.74, 6) is -1.44. The van der Waals surface area contributed by atoms with Gasteiger partial charge in [0.05, 0.1) is 24.8 Å². The van der Waals surface area contributed by atoms with Crippen LogP contribution < -0.4 is 4.90 Å². The maximum absolute atomic E-state index is 12.4. The molecule has 1 aliphatic heterocycles. The first-order valence-corrected chi connectivity index (χ1v) is 5.87. The molecule has 2 unspecified atom stereocenters. The molecule has 5 nitrogen and oxygen atoms in total. The summed E-state index contributed by atoms with van der Waals surface area (Å²) < 4.78 is 42.4. The molecular weight excluding hydrogens is 277 g/mol. The van der Waals surface area contributed by atoms with E-state index in [1.165, 1.54) is 11.0 Å². The molecule has 110 valence electrons. The van der Waals surface area contributed by atoms with Crippen LogP contribution in [0.4, 0.5) is 19.0 Å². The number of alkyl halides is 3. The highest BCUT2D eigenvalue weighted by molar-refractivity contribution is 5.72. The van der Waals surface area contributed by atoms with Crippen LogP contribution in [0.3, 0.4) is 0 Å². The SMILES string of the molecule is CN(c1ccc(C(F)(F)F)cn1)C1COCC1C(=O)O. The number of rotatable bonds is 3. The molecule has 0 aromatic carbocycles. The first kappa shape index (κ1) is 14.6. The van der Waals surface area contributed by atoms with Crippen LogP contribution in [-0.2, 0) is 15.7 Å². The Bertz CT molecular complexity index is 490. The minimum atomic E-state index is -4.44. The molecular formula is C12H13F3N2O3. The molecule has 2 heterocycles. The highest BCUT2D eigenvalue weighted by Crippen LogP contribution is 2.30. The zero-order valence-electron chi connectivity index (χ0n) is 10.6. The van der Waals surface area contributed by atoms with Gasteiger partial charge in [-0.3, -0.25) is 4.79 Å². The number of halogens is 3. The van der Waals surface area contributed by atoms with E-state index in [2.05, 4.69) is 4.98 Å². The van der Waals surface area contributed by atoms with Gasteiger partial charge in [-0.1, -0.05) is 0 Å². The number of hydrogen-bond acceptors (Lipinski definition) is 4. The van der Waals surface area contributed by atoms with Gasteiger partial charge in [0.1, 0.15) is 11.7 Å². The van der Waals surface area contributed by atoms with Crippen LogP contribution in [0.5, 0.6) is 0 Å². The Morgan fingerprint density at radius 3 is 2.65 bits per heavy atom. The lowest BCUT2D eigenvalue weighted by Gasteiger charge is -2.27. The lowest BCUT2D eigenvalue weighted by molar-refractivity contribution is -0.142. The number of anilines is 1. The minimum Gasteiger partial charge on any atom is -0.481 e. The Morgan fingerprint density at radius 1 is 1.45 bits per heavy atom. The number of carboxylic acids is 1. The van der Waals surface area contributed by atoms with Crippen molar-refractivity contribution in [2.45, 2.75) is 12.2 Å². The molecule has 20 heavy (non-hydrogen) atoms. The predicted molar refractivity (Wildman–Crippen MR) is 63.4 cm³/mol. The van der Waals surface area contributed by atoms with Gasteiger partial charge in [0.15, 0.2) is 0 Å². The third-order valence-corrected chi connectivity index (χ3v) is 3.30. The van der Waals surface area contributed by atoms with Gasteiger partial charge in [-0.2, -0.15) is 13.2 Å². The molecule has 2 atom stereocenters. The second-order valence-electron chi connectivity index (χ2n) is 4.56. The third kappa shape index (κ3) is 2.84. The van der Waals surface area contributed by atoms with Crippen molar-refractivity contribution >= 4 is 11.8 Å². The van der Waals surface area contributed by atoms with Crippen LogP contribution in [0, 0.1) is 5.92 Å². The maximum atomic E-state index is 12.4. The third-order valence-electron chi connectivity index (χ3n) is 3.30. The van der Waals surface area contributed by atoms with Gasteiger partial charge in [-0.05, 0) is 12.1 Å². The fraction of sp³-hybridized carbons (Fsp3) is 0.500. The number of aliphatic carboxylic acids is 1. The molecule has 1 N–H and O–H groups in total. The quantitative estimate of drug-likeness (QED) is 0.917. The first-order valence-electron chi connectivity index (χ1n) is 5.87. The second-order valence-corrected chi connectivity index (χ2v) is 4.56. The number of carboxylic acid groups (broad SMARTS) is 1. The molecule has 0 amide bonds. The Balaban J connectivity index is 2.17. The first-order chi connectivity index (χ1) is 9.30. The van der Waals surface area contributed by atoms with Crippen LogP contribution in [0.1, 0.15) is 5.56 Å². The van der Waals surface area contributed by atoms with E-state index in [9.17, 15) is 18.0 Å². The van der Waals surface area contributed by atoms with E-state index in [0.717, 1.165) is 12.3 Å². The Labute approximate surface area is 113 Å². The summed E-state index contributed by atoms with van der Waals surface area (Å²) >= 11 is 0. The zero-order chi connectivity index (χ0) is 14.9. The second kappa shape index (κ2) is 5.28. The summed E-state index contributed by atoms with van der Waals surface area (Å²) in [5.41, 5.74) is -0.841. The van der Waals surface area contributed by atoms with E-state index in [1.807, 2.05) is 0 Å². The summed E-state index contributed by atoms with van der Waals surface area (Å²) in [7, 11) is 1.59. The molecule has 1 fully saturated rings. The van der Waals surface area contributed by atoms with Crippen LogP contribution in [-0.4, -0.2) is 42.4 Å². The lowest BCUT2D eigenvalue weighted by atomic mass is 10.0. The van der Waals surface area contributed by atoms with E-state index in [4.69, 9.17) is 9.84 Å². The van der Waals surface area contributed by atoms with Gasteiger partial charge >= 0.3 is 12.1 Å². The van der Waals surface area contributed by atoms with Crippen LogP contribution in [0.25, 0.3) is 0 Å². The van der Waals surface area contributed by atoms with Gasteiger partial charge in [-0.15, -0.1) is 0 Å². The summed E-state index contributed by atoms with van der Waals surface area (Å²) in [6, 6.07) is 1.70. The normalized spacial score (nSPS) is 22.8. The molecule has 0 bridgehead atoms. The maximum Gasteiger partial charge on any atom is 0.417 e. The lowest BCUT2D eigenvalue weighted by Crippen LogP contribution is -2.41. The van der Waals surface area contributed by atoms with Gasteiger partial charge in [0.25, 0.3) is 0 Å². The summed E-state index contributed by atoms with van der Waals surface area (Å²) in [4.78, 5) is 16.3. The molecule has 0 saturated carbocycles. The monoisotopic (exact) mass is 290 g/mol. The van der Waals surface area contributed by atoms with Crippen molar-refractivity contribution in [1.82, 2.24) is 4.98 Å². The van der Waals surface area contributed by atoms with E-state index in [1.54, 1.807) is 7.05 Å². The van der Waals surface area contributed by atoms with E-state index < -0.39 is 29.7 Å². The largest absolute Gasteiger partial charge is 0.481 e. The van der Waals surface area contributed by atoms with Crippen molar-refractivity contribution in [3.8, 4) is 0 Å². The number of hydrogen-bond donors (Lipinski definition) is 1. The molecule has 0 aliphatic carbocycles. The fourth-order valence-corrected chi connectivity index (χ4v) is 2.09. The molecule has 1 aromatic rings. The number of pyridine rings is 1. The summed E-state index contributed by atoms with van der Waals surface area (Å²) in [6.45, 7) is 0.293. The number of nitrogens with zero attached hydrogens (tertiary/aromatic N) is 2.